The molecule has 0 saturated carbocycles. The van der Waals surface area contributed by atoms with Crippen LogP contribution in [0.5, 0.6) is 0 Å². The predicted molar refractivity (Wildman–Crippen MR) is 209 cm³/mol. The number of aliphatic hydroxyl groups excluding tert-OH is 1. The number of alkyl halides is 1. The third-order valence-electron chi connectivity index (χ3n) is 11.0. The Morgan fingerprint density at radius 3 is 2.43 bits per heavy atom. The lowest BCUT2D eigenvalue weighted by Gasteiger charge is -2.40. The Kier molecular flexibility index (Phi) is 13.0. The summed E-state index contributed by atoms with van der Waals surface area (Å²) in [7, 11) is 1.68. The molecule has 2 aromatic rings. The van der Waals surface area contributed by atoms with E-state index in [0.29, 0.717) is 29.1 Å². The summed E-state index contributed by atoms with van der Waals surface area (Å²) >= 11 is 10.5. The Morgan fingerprint density at radius 1 is 1.13 bits per heavy atom. The molecule has 1 spiro atoms. The van der Waals surface area contributed by atoms with Crippen molar-refractivity contribution in [1.29, 1.82) is 0 Å². The van der Waals surface area contributed by atoms with Gasteiger partial charge in [-0.15, -0.1) is 13.2 Å². The summed E-state index contributed by atoms with van der Waals surface area (Å²) in [5.41, 5.74) is 0.511. The lowest BCUT2D eigenvalue weighted by atomic mass is 9.70. The van der Waals surface area contributed by atoms with Crippen molar-refractivity contribution in [3.8, 4) is 0 Å². The Balaban J connectivity index is 1.58. The summed E-state index contributed by atoms with van der Waals surface area (Å²) in [6.07, 6.45) is 3.08. The fraction of sp³-hybridized carbons (Fsp3) is 0.512. The lowest BCUT2D eigenvalue weighted by molar-refractivity contribution is -0.165. The molecule has 12 heteroatoms. The van der Waals surface area contributed by atoms with Gasteiger partial charge in [-0.1, -0.05) is 96.0 Å². The maximum absolute atomic E-state index is 15.2. The molecule has 3 aliphatic rings. The van der Waals surface area contributed by atoms with Gasteiger partial charge >= 0.3 is 5.97 Å². The molecule has 0 aliphatic carbocycles. The number of carbonyl (C=O) groups excluding carboxylic acids is 4. The van der Waals surface area contributed by atoms with E-state index < -0.39 is 65.6 Å². The van der Waals surface area contributed by atoms with Crippen molar-refractivity contribution in [1.82, 2.24) is 9.80 Å². The molecule has 2 aromatic carbocycles. The summed E-state index contributed by atoms with van der Waals surface area (Å²) in [4.78, 5) is 62.1. The maximum Gasteiger partial charge on any atom is 0.313 e. The Hall–Kier alpha value is -3.51. The van der Waals surface area contributed by atoms with E-state index in [1.54, 1.807) is 36.2 Å². The van der Waals surface area contributed by atoms with Crippen molar-refractivity contribution in [3.63, 3.8) is 0 Å². The fourth-order valence-electron chi connectivity index (χ4n) is 8.49. The third kappa shape index (κ3) is 7.59. The number of para-hydroxylation sites is 1. The highest BCUT2D eigenvalue weighted by Crippen LogP contribution is 2.61. The summed E-state index contributed by atoms with van der Waals surface area (Å²) in [5.74, 6) is -3.74. The van der Waals surface area contributed by atoms with Gasteiger partial charge < -0.3 is 29.3 Å². The van der Waals surface area contributed by atoms with Crippen molar-refractivity contribution in [3.05, 3.63) is 90.0 Å². The van der Waals surface area contributed by atoms with E-state index in [1.165, 1.54) is 9.80 Å². The number of nitrogens with zero attached hydrogens (tertiary/aromatic N) is 3. The number of fused-ring (bicyclic) bond motifs is 1. The molecular weight excluding hydrogens is 762 g/mol. The van der Waals surface area contributed by atoms with Gasteiger partial charge in [0.15, 0.2) is 0 Å². The van der Waals surface area contributed by atoms with Crippen molar-refractivity contribution in [2.45, 2.75) is 94.1 Å². The summed E-state index contributed by atoms with van der Waals surface area (Å²) in [6, 6.07) is 12.1. The van der Waals surface area contributed by atoms with Gasteiger partial charge in [-0.25, -0.2) is 0 Å². The maximum atomic E-state index is 15.2. The van der Waals surface area contributed by atoms with Gasteiger partial charge in [0.25, 0.3) is 5.91 Å². The minimum atomic E-state index is -1.42. The molecule has 3 amide bonds. The number of hydrogen-bond acceptors (Lipinski definition) is 7. The van der Waals surface area contributed by atoms with E-state index in [0.717, 1.165) is 5.56 Å². The van der Waals surface area contributed by atoms with E-state index in [-0.39, 0.29) is 42.6 Å². The van der Waals surface area contributed by atoms with Crippen molar-refractivity contribution >= 4 is 56.9 Å². The molecule has 53 heavy (non-hydrogen) atoms. The fourth-order valence-corrected chi connectivity index (χ4v) is 9.75. The van der Waals surface area contributed by atoms with Gasteiger partial charge in [0.1, 0.15) is 17.7 Å². The zero-order valence-corrected chi connectivity index (χ0v) is 33.5. The van der Waals surface area contributed by atoms with Crippen LogP contribution in [0, 0.1) is 24.7 Å². The highest BCUT2D eigenvalue weighted by Gasteiger charge is 2.77. The van der Waals surface area contributed by atoms with E-state index in [2.05, 4.69) is 29.1 Å². The second kappa shape index (κ2) is 16.9. The van der Waals surface area contributed by atoms with Crippen LogP contribution >= 0.6 is 27.5 Å². The number of hydrogen-bond donors (Lipinski definition) is 1. The molecule has 9 atom stereocenters. The second-order valence-corrected chi connectivity index (χ2v) is 16.4. The summed E-state index contributed by atoms with van der Waals surface area (Å²) < 4.78 is 13.2. The van der Waals surface area contributed by atoms with E-state index >= 15 is 4.79 Å². The lowest BCUT2D eigenvalue weighted by Crippen LogP contribution is -2.59. The first-order valence-electron chi connectivity index (χ1n) is 18.3. The van der Waals surface area contributed by atoms with E-state index in [4.69, 9.17) is 21.1 Å². The number of allylic oxidation sites excluding steroid dienone is 1. The molecule has 3 heterocycles. The molecular formula is C41H51BrClN3O7. The van der Waals surface area contributed by atoms with Gasteiger partial charge in [0, 0.05) is 24.8 Å². The Labute approximate surface area is 326 Å². The summed E-state index contributed by atoms with van der Waals surface area (Å²) in [6.45, 7) is 15.0. The topological polar surface area (TPSA) is 117 Å². The van der Waals surface area contributed by atoms with Crippen LogP contribution in [0.3, 0.4) is 0 Å². The molecule has 1 unspecified atom stereocenters. The van der Waals surface area contributed by atoms with Crippen LogP contribution < -0.4 is 4.90 Å². The molecule has 286 valence electrons. The molecule has 1 N–H and O–H groups in total. The van der Waals surface area contributed by atoms with Crippen LogP contribution in [-0.4, -0.2) is 93.5 Å². The number of likely N-dealkylation sites (N-methyl/N-ethyl adjacent to an activating group) is 1. The number of anilines is 1. The molecule has 5 rings (SSSR count). The number of amides is 3. The van der Waals surface area contributed by atoms with Crippen molar-refractivity contribution in [2.24, 2.45) is 17.8 Å². The van der Waals surface area contributed by atoms with Gasteiger partial charge in [-0.05, 0) is 56.2 Å². The van der Waals surface area contributed by atoms with Crippen LogP contribution in [0.2, 0.25) is 5.02 Å². The Morgan fingerprint density at radius 2 is 1.83 bits per heavy atom. The highest BCUT2D eigenvalue weighted by molar-refractivity contribution is 9.09. The number of aryl methyl sites for hydroxylation is 1. The number of benzene rings is 2. The first-order valence-corrected chi connectivity index (χ1v) is 19.6. The van der Waals surface area contributed by atoms with Crippen molar-refractivity contribution < 1.29 is 33.8 Å². The highest BCUT2D eigenvalue weighted by atomic mass is 79.9. The third-order valence-corrected chi connectivity index (χ3v) is 12.1. The smallest absolute Gasteiger partial charge is 0.313 e. The van der Waals surface area contributed by atoms with Crippen LogP contribution in [-0.2, 0) is 28.7 Å². The zero-order valence-electron chi connectivity index (χ0n) is 31.1. The van der Waals surface area contributed by atoms with E-state index in [9.17, 15) is 19.5 Å². The number of likely N-dealkylation sites (tertiary alicyclic amines) is 1. The predicted octanol–water partition coefficient (Wildman–Crippen LogP) is 6.42. The molecule has 3 aliphatic heterocycles. The van der Waals surface area contributed by atoms with Crippen LogP contribution in [0.15, 0.2) is 73.8 Å². The van der Waals surface area contributed by atoms with E-state index in [1.807, 2.05) is 64.1 Å². The first kappa shape index (κ1) is 40.7. The average molecular weight is 813 g/mol. The second-order valence-electron chi connectivity index (χ2n) is 14.9. The molecule has 0 aromatic heterocycles. The monoisotopic (exact) mass is 811 g/mol. The number of aliphatic hydroxyl groups is 1. The SMILES string of the molecule is C=CCCC(=O)N(C)[C@H](C)[C@H](OC(=O)[C@@H]1[C@H]2O[C@@]3(CC2Br)[C@H](C(=O)N(CC=C)c2c(C)cccc2Cl)N([C@@H](CO)CC(C)C)C(=O)[C@@H]13)c1ccccc1. The Bertz CT molecular complexity index is 1690. The number of esters is 1. The quantitative estimate of drug-likeness (QED) is 0.118. The molecule has 0 radical (unpaired) electrons. The zero-order chi connectivity index (χ0) is 38.8. The average Bonchev–Trinajstić information content (AvgIpc) is 3.73. The van der Waals surface area contributed by atoms with Crippen LogP contribution in [0.25, 0.3) is 0 Å². The number of ether oxygens (including phenoxy) is 2. The number of carbonyl (C=O) groups is 4. The minimum absolute atomic E-state index is 0.0740. The minimum Gasteiger partial charge on any atom is -0.455 e. The molecule has 3 saturated heterocycles. The summed E-state index contributed by atoms with van der Waals surface area (Å²) in [5, 5.41) is 11.1. The van der Waals surface area contributed by atoms with Gasteiger partial charge in [-0.3, -0.25) is 19.2 Å². The van der Waals surface area contributed by atoms with Gasteiger partial charge in [0.05, 0.1) is 47.3 Å². The standard InChI is InChI=1S/C41H51BrClN3O7/c1-8-10-19-31(48)44(7)26(6)35(27-16-12-11-13-17-27)52-40(51)32-33-38(49)46(28(23-47)21-24(3)4)37(41(33)22-29(42)36(32)53-41)39(50)45(20-9-2)34-25(5)15-14-18-30(34)43/h8-9,11-18,24,26,28-29,32-33,35-37,47H,1-2,10,19-23H2,3-7H3/t26-,28-,29?,32+,33-,35+,36+,37+,41-/m1/s1. The van der Waals surface area contributed by atoms with Crippen molar-refractivity contribution in [2.75, 3.05) is 25.1 Å². The first-order chi connectivity index (χ1) is 25.2. The largest absolute Gasteiger partial charge is 0.455 e. The normalized spacial score (nSPS) is 26.2. The van der Waals surface area contributed by atoms with Crippen LogP contribution in [0.1, 0.15) is 63.7 Å². The van der Waals surface area contributed by atoms with Gasteiger partial charge in [-0.2, -0.15) is 0 Å². The van der Waals surface area contributed by atoms with Crippen LogP contribution in [0.4, 0.5) is 5.69 Å². The molecule has 2 bridgehead atoms. The number of halogens is 2. The number of rotatable bonds is 16. The molecule has 3 fully saturated rings. The van der Waals surface area contributed by atoms with Gasteiger partial charge in [0.2, 0.25) is 11.8 Å². The molecule has 10 nitrogen and oxygen atoms in total.